The van der Waals surface area contributed by atoms with Crippen molar-refractivity contribution in [2.45, 2.75) is 0 Å². The summed E-state index contributed by atoms with van der Waals surface area (Å²) >= 11 is 2.26. The molecule has 3 nitrogen and oxygen atoms in total. The van der Waals surface area contributed by atoms with Gasteiger partial charge in [-0.1, -0.05) is 0 Å². The summed E-state index contributed by atoms with van der Waals surface area (Å²) in [5.74, 6) is 0. The van der Waals surface area contributed by atoms with Crippen molar-refractivity contribution in [2.75, 3.05) is 14.1 Å². The fourth-order valence-electron chi connectivity index (χ4n) is 0.560. The minimum atomic E-state index is 1.20. The zero-order valence-corrected chi connectivity index (χ0v) is 7.01. The molecule has 4 heteroatoms. The maximum absolute atomic E-state index is 3.03. The highest BCUT2D eigenvalue weighted by Gasteiger charge is 2.08. The van der Waals surface area contributed by atoms with Crippen molar-refractivity contribution in [3.8, 4) is 0 Å². The first-order chi connectivity index (χ1) is 3.70. The van der Waals surface area contributed by atoms with Gasteiger partial charge in [0.25, 0.3) is 0 Å². The number of hydrogen-bond acceptors (Lipinski definition) is 3. The molecule has 8 heavy (non-hydrogen) atoms. The van der Waals surface area contributed by atoms with Crippen molar-refractivity contribution in [3.05, 3.63) is 9.90 Å². The summed E-state index contributed by atoms with van der Waals surface area (Å²) in [5.41, 5.74) is 3.03. The van der Waals surface area contributed by atoms with Crippen molar-refractivity contribution in [2.24, 2.45) is 0 Å². The normalized spacial score (nSPS) is 19.6. The Morgan fingerprint density at radius 2 is 2.25 bits per heavy atom. The molecule has 1 aliphatic heterocycles. The lowest BCUT2D eigenvalue weighted by molar-refractivity contribution is 0.191. The minimum absolute atomic E-state index is 1.20. The summed E-state index contributed by atoms with van der Waals surface area (Å²) in [5, 5.41) is 3.85. The molecule has 0 radical (unpaired) electrons. The average molecular weight is 225 g/mol. The Labute approximate surface area is 62.4 Å². The van der Waals surface area contributed by atoms with Crippen molar-refractivity contribution < 1.29 is 0 Å². The number of hydrogen-bond donors (Lipinski definition) is 1. The van der Waals surface area contributed by atoms with E-state index in [0.717, 1.165) is 0 Å². The van der Waals surface area contributed by atoms with Crippen LogP contribution in [0.4, 0.5) is 0 Å². The van der Waals surface area contributed by atoms with Crippen LogP contribution in [0.2, 0.25) is 0 Å². The van der Waals surface area contributed by atoms with Gasteiger partial charge in [-0.2, -0.15) is 0 Å². The molecule has 1 aliphatic rings. The number of hydrazine groups is 2. The number of rotatable bonds is 0. The van der Waals surface area contributed by atoms with Crippen LogP contribution in [0.15, 0.2) is 9.90 Å². The van der Waals surface area contributed by atoms with Crippen LogP contribution in [-0.2, 0) is 0 Å². The SMILES string of the molecule is CN1C=C(I)N(C)N1. The predicted octanol–water partition coefficient (Wildman–Crippen LogP) is 0.517. The van der Waals surface area contributed by atoms with E-state index in [4.69, 9.17) is 0 Å². The lowest BCUT2D eigenvalue weighted by atomic mass is 10.9. The van der Waals surface area contributed by atoms with Gasteiger partial charge in [-0.05, 0) is 22.6 Å². The molecule has 0 spiro atoms. The first-order valence-electron chi connectivity index (χ1n) is 2.30. The quantitative estimate of drug-likeness (QED) is 0.478. The molecule has 0 aromatic carbocycles. The molecular formula is C4H8IN3. The van der Waals surface area contributed by atoms with E-state index in [-0.39, 0.29) is 0 Å². The van der Waals surface area contributed by atoms with Gasteiger partial charge in [0.05, 0.1) is 0 Å². The van der Waals surface area contributed by atoms with Crippen LogP contribution in [0.1, 0.15) is 0 Å². The fraction of sp³-hybridized carbons (Fsp3) is 0.500. The molecule has 46 valence electrons. The van der Waals surface area contributed by atoms with Gasteiger partial charge in [0.2, 0.25) is 0 Å². The maximum Gasteiger partial charge on any atom is 0.109 e. The van der Waals surface area contributed by atoms with E-state index in [2.05, 4.69) is 28.1 Å². The third kappa shape index (κ3) is 1.05. The van der Waals surface area contributed by atoms with Gasteiger partial charge >= 0.3 is 0 Å². The summed E-state index contributed by atoms with van der Waals surface area (Å²) in [4.78, 5) is 0. The molecule has 0 fully saturated rings. The monoisotopic (exact) mass is 225 g/mol. The molecule has 0 aromatic rings. The van der Waals surface area contributed by atoms with Gasteiger partial charge in [-0.25, -0.2) is 0 Å². The summed E-state index contributed by atoms with van der Waals surface area (Å²) < 4.78 is 1.20. The van der Waals surface area contributed by atoms with Crippen LogP contribution in [0.3, 0.4) is 0 Å². The first-order valence-corrected chi connectivity index (χ1v) is 3.38. The third-order valence-electron chi connectivity index (χ3n) is 0.928. The molecule has 0 saturated carbocycles. The lowest BCUT2D eigenvalue weighted by Crippen LogP contribution is -2.34. The highest BCUT2D eigenvalue weighted by molar-refractivity contribution is 14.1. The molecule has 0 aromatic heterocycles. The highest BCUT2D eigenvalue weighted by Crippen LogP contribution is 2.13. The topological polar surface area (TPSA) is 18.5 Å². The number of halogens is 1. The van der Waals surface area contributed by atoms with Crippen LogP contribution < -0.4 is 5.53 Å². The first kappa shape index (κ1) is 6.15. The second-order valence-electron chi connectivity index (χ2n) is 1.72. The van der Waals surface area contributed by atoms with E-state index in [9.17, 15) is 0 Å². The lowest BCUT2D eigenvalue weighted by Gasteiger charge is -2.14. The molecule has 1 N–H and O–H groups in total. The summed E-state index contributed by atoms with van der Waals surface area (Å²) in [6.45, 7) is 0. The number of nitrogens with one attached hydrogen (secondary N) is 1. The Morgan fingerprint density at radius 1 is 1.62 bits per heavy atom. The van der Waals surface area contributed by atoms with Crippen LogP contribution in [0.5, 0.6) is 0 Å². The molecule has 1 heterocycles. The van der Waals surface area contributed by atoms with E-state index >= 15 is 0 Å². The molecule has 0 saturated heterocycles. The highest BCUT2D eigenvalue weighted by atomic mass is 127. The molecular weight excluding hydrogens is 217 g/mol. The van der Waals surface area contributed by atoms with Crippen LogP contribution in [-0.4, -0.2) is 24.1 Å². The zero-order valence-electron chi connectivity index (χ0n) is 4.85. The van der Waals surface area contributed by atoms with Gasteiger partial charge in [0.15, 0.2) is 0 Å². The Kier molecular flexibility index (Phi) is 1.62. The third-order valence-corrected chi connectivity index (χ3v) is 1.93. The van der Waals surface area contributed by atoms with Gasteiger partial charge in [0.1, 0.15) is 3.70 Å². The van der Waals surface area contributed by atoms with Crippen LogP contribution >= 0.6 is 22.6 Å². The van der Waals surface area contributed by atoms with Crippen LogP contribution in [0, 0.1) is 0 Å². The van der Waals surface area contributed by atoms with E-state index in [1.807, 2.05) is 30.3 Å². The van der Waals surface area contributed by atoms with Gasteiger partial charge in [0, 0.05) is 20.3 Å². The van der Waals surface area contributed by atoms with Gasteiger partial charge in [-0.3, -0.25) is 10.0 Å². The maximum atomic E-state index is 3.03. The second-order valence-corrected chi connectivity index (χ2v) is 2.83. The zero-order chi connectivity index (χ0) is 6.15. The Hall–Kier alpha value is 0.0300. The average Bonchev–Trinajstić information content (AvgIpc) is 1.85. The molecule has 0 bridgehead atoms. The van der Waals surface area contributed by atoms with E-state index in [0.29, 0.717) is 0 Å². The Morgan fingerprint density at radius 3 is 2.38 bits per heavy atom. The van der Waals surface area contributed by atoms with E-state index in [1.54, 1.807) is 0 Å². The second kappa shape index (κ2) is 2.10. The molecule has 0 unspecified atom stereocenters. The summed E-state index contributed by atoms with van der Waals surface area (Å²) in [6.07, 6.45) is 2.01. The molecule has 0 aliphatic carbocycles. The van der Waals surface area contributed by atoms with Crippen molar-refractivity contribution >= 4 is 22.6 Å². The molecule has 0 amide bonds. The summed E-state index contributed by atoms with van der Waals surface area (Å²) in [7, 11) is 3.93. The number of nitrogens with zero attached hydrogens (tertiary/aromatic N) is 2. The Balaban J connectivity index is 2.59. The fourth-order valence-corrected chi connectivity index (χ4v) is 1.09. The summed E-state index contributed by atoms with van der Waals surface area (Å²) in [6, 6.07) is 0. The molecule has 1 rings (SSSR count). The smallest absolute Gasteiger partial charge is 0.109 e. The minimum Gasteiger partial charge on any atom is -0.298 e. The largest absolute Gasteiger partial charge is 0.298 e. The standard InChI is InChI=1S/C4H8IN3/c1-7-3-4(5)8(2)6-7/h3,6H,1-2H3. The predicted molar refractivity (Wildman–Crippen MR) is 40.8 cm³/mol. The van der Waals surface area contributed by atoms with Crippen molar-refractivity contribution in [1.82, 2.24) is 15.6 Å². The van der Waals surface area contributed by atoms with Crippen LogP contribution in [0.25, 0.3) is 0 Å². The van der Waals surface area contributed by atoms with E-state index < -0.39 is 0 Å². The van der Waals surface area contributed by atoms with E-state index in [1.165, 1.54) is 3.70 Å². The molecule has 0 atom stereocenters. The van der Waals surface area contributed by atoms with Crippen molar-refractivity contribution in [3.63, 3.8) is 0 Å². The van der Waals surface area contributed by atoms with Gasteiger partial charge < -0.3 is 0 Å². The van der Waals surface area contributed by atoms with Crippen molar-refractivity contribution in [1.29, 1.82) is 0 Å². The Bertz CT molecular complexity index is 122. The van der Waals surface area contributed by atoms with Gasteiger partial charge in [-0.15, -0.1) is 5.53 Å².